The Morgan fingerprint density at radius 2 is 2.00 bits per heavy atom. The lowest BCUT2D eigenvalue weighted by molar-refractivity contribution is 0.320. The number of hydrogen-bond donors (Lipinski definition) is 0. The molecular formula is C12H19NO. The lowest BCUT2D eigenvalue weighted by atomic mass is 9.78. The average Bonchev–Trinajstić information content (AvgIpc) is 2.15. The van der Waals surface area contributed by atoms with Gasteiger partial charge in [0, 0.05) is 11.8 Å². The summed E-state index contributed by atoms with van der Waals surface area (Å²) in [6.07, 6.45) is 1.76. The van der Waals surface area contributed by atoms with Crippen LogP contribution in [0.25, 0.3) is 0 Å². The van der Waals surface area contributed by atoms with E-state index < -0.39 is 0 Å². The van der Waals surface area contributed by atoms with Gasteiger partial charge in [-0.25, -0.2) is 4.98 Å². The third-order valence-electron chi connectivity index (χ3n) is 2.76. The number of nitrogens with zero attached hydrogens (tertiary/aromatic N) is 1. The highest BCUT2D eigenvalue weighted by molar-refractivity contribution is 5.30. The highest BCUT2D eigenvalue weighted by Crippen LogP contribution is 2.37. The third kappa shape index (κ3) is 2.25. The molecule has 14 heavy (non-hydrogen) atoms. The van der Waals surface area contributed by atoms with Crippen LogP contribution in [0.5, 0.6) is 5.88 Å². The molecule has 0 fully saturated rings. The molecule has 0 radical (unpaired) electrons. The summed E-state index contributed by atoms with van der Waals surface area (Å²) in [6, 6.07) is 4.04. The van der Waals surface area contributed by atoms with Crippen molar-refractivity contribution in [3.8, 4) is 5.88 Å². The number of pyridine rings is 1. The summed E-state index contributed by atoms with van der Waals surface area (Å²) in [5.41, 5.74) is 1.42. The van der Waals surface area contributed by atoms with Gasteiger partial charge in [0.05, 0.1) is 7.11 Å². The molecule has 0 N–H and O–H groups in total. The molecule has 0 aliphatic carbocycles. The molecule has 0 spiro atoms. The Kier molecular flexibility index (Phi) is 3.14. The number of aromatic nitrogens is 1. The van der Waals surface area contributed by atoms with Crippen LogP contribution in [0.15, 0.2) is 18.3 Å². The number of methoxy groups -OCH3 is 1. The Hall–Kier alpha value is -1.05. The van der Waals surface area contributed by atoms with Crippen molar-refractivity contribution < 1.29 is 4.74 Å². The van der Waals surface area contributed by atoms with Gasteiger partial charge in [-0.05, 0) is 17.4 Å². The number of rotatable bonds is 2. The first-order valence-electron chi connectivity index (χ1n) is 4.95. The second-order valence-electron chi connectivity index (χ2n) is 4.69. The minimum Gasteiger partial charge on any atom is -0.481 e. The zero-order valence-corrected chi connectivity index (χ0v) is 9.66. The predicted octanol–water partition coefficient (Wildman–Crippen LogP) is 3.24. The van der Waals surface area contributed by atoms with Gasteiger partial charge in [-0.2, -0.15) is 0 Å². The van der Waals surface area contributed by atoms with E-state index in [1.807, 2.05) is 6.07 Å². The molecule has 2 nitrogen and oxygen atoms in total. The molecule has 0 saturated heterocycles. The van der Waals surface area contributed by atoms with Crippen LogP contribution < -0.4 is 4.74 Å². The molecule has 1 atom stereocenters. The zero-order chi connectivity index (χ0) is 10.8. The van der Waals surface area contributed by atoms with Crippen molar-refractivity contribution >= 4 is 0 Å². The van der Waals surface area contributed by atoms with E-state index in [9.17, 15) is 0 Å². The van der Waals surface area contributed by atoms with Crippen molar-refractivity contribution in [2.75, 3.05) is 7.11 Å². The molecule has 0 bridgehead atoms. The maximum atomic E-state index is 5.25. The van der Waals surface area contributed by atoms with Crippen LogP contribution >= 0.6 is 0 Å². The normalized spacial score (nSPS) is 13.8. The van der Waals surface area contributed by atoms with Crippen LogP contribution in [-0.4, -0.2) is 12.1 Å². The summed E-state index contributed by atoms with van der Waals surface area (Å²) in [5.74, 6) is 1.18. The van der Waals surface area contributed by atoms with E-state index in [2.05, 4.69) is 38.7 Å². The van der Waals surface area contributed by atoms with Crippen LogP contribution in [0, 0.1) is 5.41 Å². The van der Waals surface area contributed by atoms with E-state index in [1.165, 1.54) is 5.56 Å². The van der Waals surface area contributed by atoms with Crippen LogP contribution in [0.3, 0.4) is 0 Å². The molecule has 1 aromatic heterocycles. The summed E-state index contributed by atoms with van der Waals surface area (Å²) >= 11 is 0. The van der Waals surface area contributed by atoms with Crippen LogP contribution in [0.2, 0.25) is 0 Å². The quantitative estimate of drug-likeness (QED) is 0.719. The monoisotopic (exact) mass is 193 g/mol. The smallest absolute Gasteiger partial charge is 0.216 e. The van der Waals surface area contributed by atoms with E-state index in [0.717, 1.165) is 5.88 Å². The minimum absolute atomic E-state index is 0.232. The number of ether oxygens (including phenoxy) is 1. The van der Waals surface area contributed by atoms with Gasteiger partial charge in [-0.15, -0.1) is 0 Å². The fraction of sp³-hybridized carbons (Fsp3) is 0.583. The lowest BCUT2D eigenvalue weighted by Gasteiger charge is -2.28. The largest absolute Gasteiger partial charge is 0.481 e. The first-order chi connectivity index (χ1) is 6.46. The van der Waals surface area contributed by atoms with Crippen molar-refractivity contribution in [1.29, 1.82) is 0 Å². The second-order valence-corrected chi connectivity index (χ2v) is 4.69. The molecule has 0 aromatic carbocycles. The minimum atomic E-state index is 0.232. The highest BCUT2D eigenvalue weighted by atomic mass is 16.5. The summed E-state index contributed by atoms with van der Waals surface area (Å²) in [4.78, 5) is 4.21. The maximum Gasteiger partial charge on any atom is 0.216 e. The summed E-state index contributed by atoms with van der Waals surface area (Å²) in [6.45, 7) is 8.89. The fourth-order valence-corrected chi connectivity index (χ4v) is 1.37. The molecular weight excluding hydrogens is 174 g/mol. The van der Waals surface area contributed by atoms with Crippen LogP contribution in [0.4, 0.5) is 0 Å². The zero-order valence-electron chi connectivity index (χ0n) is 9.66. The Morgan fingerprint density at radius 1 is 1.36 bits per heavy atom. The Balaban J connectivity index is 3.06. The predicted molar refractivity (Wildman–Crippen MR) is 58.7 cm³/mol. The molecule has 1 unspecified atom stereocenters. The first kappa shape index (κ1) is 11.0. The molecule has 0 amide bonds. The van der Waals surface area contributed by atoms with E-state index >= 15 is 0 Å². The second kappa shape index (κ2) is 3.99. The summed E-state index contributed by atoms with van der Waals surface area (Å²) in [5, 5.41) is 0. The van der Waals surface area contributed by atoms with E-state index in [4.69, 9.17) is 4.74 Å². The molecule has 1 heterocycles. The highest BCUT2D eigenvalue weighted by Gasteiger charge is 2.24. The van der Waals surface area contributed by atoms with Gasteiger partial charge in [0.1, 0.15) is 0 Å². The first-order valence-corrected chi connectivity index (χ1v) is 4.95. The summed E-state index contributed by atoms with van der Waals surface area (Å²) in [7, 11) is 1.67. The molecule has 1 rings (SSSR count). The van der Waals surface area contributed by atoms with Gasteiger partial charge in [-0.1, -0.05) is 33.8 Å². The third-order valence-corrected chi connectivity index (χ3v) is 2.76. The Bertz CT molecular complexity index is 301. The van der Waals surface area contributed by atoms with Gasteiger partial charge in [0.15, 0.2) is 0 Å². The maximum absolute atomic E-state index is 5.25. The fourth-order valence-electron chi connectivity index (χ4n) is 1.37. The van der Waals surface area contributed by atoms with Gasteiger partial charge >= 0.3 is 0 Å². The van der Waals surface area contributed by atoms with Gasteiger partial charge < -0.3 is 4.74 Å². The number of hydrogen-bond acceptors (Lipinski definition) is 2. The Morgan fingerprint density at radius 3 is 2.50 bits per heavy atom. The molecule has 0 saturated carbocycles. The van der Waals surface area contributed by atoms with Gasteiger partial charge in [0.2, 0.25) is 5.88 Å². The van der Waals surface area contributed by atoms with Crippen LogP contribution in [0.1, 0.15) is 39.2 Å². The van der Waals surface area contributed by atoms with Crippen molar-refractivity contribution in [2.45, 2.75) is 33.6 Å². The Labute approximate surface area is 86.3 Å². The molecule has 0 aliphatic rings. The van der Waals surface area contributed by atoms with Gasteiger partial charge in [-0.3, -0.25) is 0 Å². The molecule has 2 heteroatoms. The SMILES string of the molecule is COc1ncccc1C(C)C(C)(C)C. The standard InChI is InChI=1S/C12H19NO/c1-9(12(2,3)4)10-7-6-8-13-11(10)14-5/h6-9H,1-5H3. The van der Waals surface area contributed by atoms with Gasteiger partial charge in [0.25, 0.3) is 0 Å². The van der Waals surface area contributed by atoms with Crippen molar-refractivity contribution in [3.63, 3.8) is 0 Å². The van der Waals surface area contributed by atoms with Crippen molar-refractivity contribution in [3.05, 3.63) is 23.9 Å². The molecule has 1 aromatic rings. The molecule has 0 aliphatic heterocycles. The lowest BCUT2D eigenvalue weighted by Crippen LogP contribution is -2.16. The summed E-state index contributed by atoms with van der Waals surface area (Å²) < 4.78 is 5.25. The average molecular weight is 193 g/mol. The van der Waals surface area contributed by atoms with E-state index in [0.29, 0.717) is 5.92 Å². The van der Waals surface area contributed by atoms with Crippen molar-refractivity contribution in [1.82, 2.24) is 4.98 Å². The van der Waals surface area contributed by atoms with E-state index in [-0.39, 0.29) is 5.41 Å². The molecule has 78 valence electrons. The van der Waals surface area contributed by atoms with Crippen molar-refractivity contribution in [2.24, 2.45) is 5.41 Å². The van der Waals surface area contributed by atoms with Crippen LogP contribution in [-0.2, 0) is 0 Å². The van der Waals surface area contributed by atoms with E-state index in [1.54, 1.807) is 13.3 Å². The topological polar surface area (TPSA) is 22.1 Å².